The van der Waals surface area contributed by atoms with Gasteiger partial charge in [-0.05, 0) is 48.1 Å². The molecule has 168 valence electrons. The van der Waals surface area contributed by atoms with Gasteiger partial charge in [-0.3, -0.25) is 4.90 Å². The average molecular weight is 470 g/mol. The van der Waals surface area contributed by atoms with Crippen LogP contribution in [0.1, 0.15) is 34.5 Å². The number of aromatic nitrogens is 2. The van der Waals surface area contributed by atoms with Gasteiger partial charge in [0, 0.05) is 44.4 Å². The molecule has 3 aromatic rings. The number of halogens is 1. The number of nitrogens with zero attached hydrogens (tertiary/aromatic N) is 3. The van der Waals surface area contributed by atoms with Crippen LogP contribution < -0.4 is 0 Å². The highest BCUT2D eigenvalue weighted by Crippen LogP contribution is 2.33. The van der Waals surface area contributed by atoms with E-state index in [0.717, 1.165) is 66.4 Å². The summed E-state index contributed by atoms with van der Waals surface area (Å²) < 4.78 is 26.1. The summed E-state index contributed by atoms with van der Waals surface area (Å²) in [4.78, 5) is 7.49. The van der Waals surface area contributed by atoms with E-state index in [2.05, 4.69) is 22.6 Å². The molecule has 2 aromatic carbocycles. The molecule has 2 heterocycles. The van der Waals surface area contributed by atoms with E-state index in [1.807, 2.05) is 36.4 Å². The van der Waals surface area contributed by atoms with Crippen molar-refractivity contribution in [2.75, 3.05) is 12.8 Å². The molecule has 32 heavy (non-hydrogen) atoms. The van der Waals surface area contributed by atoms with Crippen molar-refractivity contribution in [1.82, 2.24) is 14.5 Å². The standard InChI is InChI=1S/C25H28ClN3O2S/c1-28-24-15-29(13-12-23(24)27-25(28)20-8-3-4-9-22(20)26)19-11-10-17-6-5-7-18(21(17)14-19)16-32(2,30)31/h3-9,19H,10-16H2,1-2H3. The van der Waals surface area contributed by atoms with Crippen molar-refractivity contribution in [3.05, 3.63) is 75.6 Å². The van der Waals surface area contributed by atoms with Crippen LogP contribution in [0.5, 0.6) is 0 Å². The van der Waals surface area contributed by atoms with Crippen LogP contribution >= 0.6 is 11.6 Å². The zero-order valence-corrected chi connectivity index (χ0v) is 20.1. The molecule has 0 radical (unpaired) electrons. The topological polar surface area (TPSA) is 55.2 Å². The van der Waals surface area contributed by atoms with Crippen molar-refractivity contribution in [2.24, 2.45) is 7.05 Å². The summed E-state index contributed by atoms with van der Waals surface area (Å²) in [5.41, 5.74) is 6.89. The molecular weight excluding hydrogens is 442 g/mol. The first-order chi connectivity index (χ1) is 15.3. The summed E-state index contributed by atoms with van der Waals surface area (Å²) in [6.07, 6.45) is 5.24. The maximum Gasteiger partial charge on any atom is 0.151 e. The molecule has 0 fully saturated rings. The van der Waals surface area contributed by atoms with E-state index in [9.17, 15) is 8.42 Å². The fourth-order valence-electron chi connectivity index (χ4n) is 5.28. The van der Waals surface area contributed by atoms with Crippen LogP contribution in [0, 0.1) is 0 Å². The lowest BCUT2D eigenvalue weighted by molar-refractivity contribution is 0.158. The Balaban J connectivity index is 1.40. The number of aryl methyl sites for hydroxylation is 1. The largest absolute Gasteiger partial charge is 0.330 e. The van der Waals surface area contributed by atoms with Gasteiger partial charge < -0.3 is 4.57 Å². The second kappa shape index (κ2) is 8.32. The fourth-order valence-corrected chi connectivity index (χ4v) is 6.33. The molecule has 0 saturated carbocycles. The molecule has 7 heteroatoms. The molecule has 1 atom stereocenters. The summed E-state index contributed by atoms with van der Waals surface area (Å²) in [6, 6.07) is 14.4. The summed E-state index contributed by atoms with van der Waals surface area (Å²) in [5.74, 6) is 1.04. The first kappa shape index (κ1) is 21.7. The molecule has 5 rings (SSSR count). The van der Waals surface area contributed by atoms with Crippen molar-refractivity contribution in [3.63, 3.8) is 0 Å². The fraction of sp³-hybridized carbons (Fsp3) is 0.400. The van der Waals surface area contributed by atoms with Crippen molar-refractivity contribution < 1.29 is 8.42 Å². The quantitative estimate of drug-likeness (QED) is 0.574. The lowest BCUT2D eigenvalue weighted by Gasteiger charge is -2.38. The second-order valence-corrected chi connectivity index (χ2v) is 11.7. The van der Waals surface area contributed by atoms with Gasteiger partial charge >= 0.3 is 0 Å². The Morgan fingerprint density at radius 1 is 1.12 bits per heavy atom. The maximum absolute atomic E-state index is 12.0. The predicted molar refractivity (Wildman–Crippen MR) is 129 cm³/mol. The van der Waals surface area contributed by atoms with E-state index >= 15 is 0 Å². The Bertz CT molecular complexity index is 1280. The van der Waals surface area contributed by atoms with Crippen LogP contribution in [0.4, 0.5) is 0 Å². The highest BCUT2D eigenvalue weighted by atomic mass is 35.5. The van der Waals surface area contributed by atoms with Crippen molar-refractivity contribution in [2.45, 2.75) is 44.0 Å². The first-order valence-electron chi connectivity index (χ1n) is 11.1. The first-order valence-corrected chi connectivity index (χ1v) is 13.5. The van der Waals surface area contributed by atoms with E-state index in [4.69, 9.17) is 16.6 Å². The van der Waals surface area contributed by atoms with Gasteiger partial charge in [0.15, 0.2) is 9.84 Å². The molecule has 1 aliphatic carbocycles. The highest BCUT2D eigenvalue weighted by molar-refractivity contribution is 7.89. The zero-order chi connectivity index (χ0) is 22.5. The van der Waals surface area contributed by atoms with Crippen LogP contribution in [0.15, 0.2) is 42.5 Å². The SMILES string of the molecule is Cn1c(-c2ccccc2Cl)nc2c1CN(C1CCc3cccc(CS(C)(=O)=O)c3C1)CC2. The number of benzene rings is 2. The molecule has 5 nitrogen and oxygen atoms in total. The minimum Gasteiger partial charge on any atom is -0.330 e. The van der Waals surface area contributed by atoms with Crippen LogP contribution in [-0.2, 0) is 48.4 Å². The number of rotatable bonds is 4. The third kappa shape index (κ3) is 4.12. The Labute approximate surface area is 195 Å². The van der Waals surface area contributed by atoms with Gasteiger partial charge in [0.2, 0.25) is 0 Å². The normalized spacial score (nSPS) is 18.9. The molecular formula is C25H28ClN3O2S. The summed E-state index contributed by atoms with van der Waals surface area (Å²) in [6.45, 7) is 1.83. The van der Waals surface area contributed by atoms with Crippen molar-refractivity contribution in [1.29, 1.82) is 0 Å². The van der Waals surface area contributed by atoms with Crippen LogP contribution in [0.3, 0.4) is 0 Å². The third-order valence-electron chi connectivity index (χ3n) is 6.89. The average Bonchev–Trinajstić information content (AvgIpc) is 3.09. The molecule has 0 spiro atoms. The third-order valence-corrected chi connectivity index (χ3v) is 8.06. The maximum atomic E-state index is 12.0. The van der Waals surface area contributed by atoms with Gasteiger partial charge in [-0.25, -0.2) is 13.4 Å². The highest BCUT2D eigenvalue weighted by Gasteiger charge is 2.31. The smallest absolute Gasteiger partial charge is 0.151 e. The lowest BCUT2D eigenvalue weighted by Crippen LogP contribution is -2.43. The van der Waals surface area contributed by atoms with Gasteiger partial charge in [-0.2, -0.15) is 0 Å². The Hall–Kier alpha value is -2.15. The van der Waals surface area contributed by atoms with Gasteiger partial charge in [-0.1, -0.05) is 41.9 Å². The van der Waals surface area contributed by atoms with Crippen molar-refractivity contribution in [3.8, 4) is 11.4 Å². The molecule has 1 aliphatic heterocycles. The van der Waals surface area contributed by atoms with E-state index in [1.165, 1.54) is 23.1 Å². The molecule has 1 aromatic heterocycles. The lowest BCUT2D eigenvalue weighted by atomic mass is 9.84. The summed E-state index contributed by atoms with van der Waals surface area (Å²) in [7, 11) is -0.984. The van der Waals surface area contributed by atoms with Gasteiger partial charge in [-0.15, -0.1) is 0 Å². The zero-order valence-electron chi connectivity index (χ0n) is 18.5. The molecule has 0 bridgehead atoms. The Kier molecular flexibility index (Phi) is 5.64. The Morgan fingerprint density at radius 3 is 2.72 bits per heavy atom. The van der Waals surface area contributed by atoms with Crippen LogP contribution in [0.25, 0.3) is 11.4 Å². The monoisotopic (exact) mass is 469 g/mol. The number of hydrogen-bond acceptors (Lipinski definition) is 4. The summed E-state index contributed by atoms with van der Waals surface area (Å²) in [5, 5.41) is 0.720. The van der Waals surface area contributed by atoms with E-state index in [0.29, 0.717) is 6.04 Å². The molecule has 2 aliphatic rings. The number of sulfone groups is 1. The molecule has 0 saturated heterocycles. The van der Waals surface area contributed by atoms with Crippen molar-refractivity contribution >= 4 is 21.4 Å². The van der Waals surface area contributed by atoms with Gasteiger partial charge in [0.1, 0.15) is 5.82 Å². The van der Waals surface area contributed by atoms with Crippen LogP contribution in [-0.4, -0.2) is 41.7 Å². The second-order valence-electron chi connectivity index (χ2n) is 9.11. The van der Waals surface area contributed by atoms with E-state index in [1.54, 1.807) is 0 Å². The molecule has 0 N–H and O–H groups in total. The van der Waals surface area contributed by atoms with Gasteiger partial charge in [0.25, 0.3) is 0 Å². The number of imidazole rings is 1. The predicted octanol–water partition coefficient (Wildman–Crippen LogP) is 4.20. The Morgan fingerprint density at radius 2 is 1.94 bits per heavy atom. The molecule has 1 unspecified atom stereocenters. The van der Waals surface area contributed by atoms with Crippen LogP contribution in [0.2, 0.25) is 5.02 Å². The minimum absolute atomic E-state index is 0.121. The van der Waals surface area contributed by atoms with E-state index < -0.39 is 9.84 Å². The summed E-state index contributed by atoms with van der Waals surface area (Å²) >= 11 is 6.45. The molecule has 0 amide bonds. The number of fused-ring (bicyclic) bond motifs is 2. The van der Waals surface area contributed by atoms with Gasteiger partial charge in [0.05, 0.1) is 22.2 Å². The minimum atomic E-state index is -3.06. The number of hydrogen-bond donors (Lipinski definition) is 0. The van der Waals surface area contributed by atoms with E-state index in [-0.39, 0.29) is 5.75 Å².